The Kier molecular flexibility index (Phi) is 2.72. The van der Waals surface area contributed by atoms with E-state index in [1.165, 1.54) is 0 Å². The summed E-state index contributed by atoms with van der Waals surface area (Å²) in [5.74, 6) is -0.980. The van der Waals surface area contributed by atoms with E-state index in [0.717, 1.165) is 17.7 Å². The fourth-order valence-corrected chi connectivity index (χ4v) is 2.99. The van der Waals surface area contributed by atoms with Gasteiger partial charge in [0.05, 0.1) is 6.10 Å². The summed E-state index contributed by atoms with van der Waals surface area (Å²) in [6, 6.07) is 7.20. The monoisotopic (exact) mass is 248 g/mol. The maximum Gasteiger partial charge on any atom is 0.323 e. The van der Waals surface area contributed by atoms with Crippen molar-refractivity contribution < 1.29 is 14.6 Å². The van der Waals surface area contributed by atoms with Gasteiger partial charge in [-0.3, -0.25) is 4.79 Å². The lowest BCUT2D eigenvalue weighted by atomic mass is 9.83. The predicted octanol–water partition coefficient (Wildman–Crippen LogP) is 0.765. The molecule has 0 saturated carbocycles. The Labute approximate surface area is 105 Å². The molecule has 0 bridgehead atoms. The molecule has 4 N–H and O–H groups in total. The number of carbonyl (C=O) groups is 1. The van der Waals surface area contributed by atoms with E-state index in [0.29, 0.717) is 6.61 Å². The molecule has 3 unspecified atom stereocenters. The van der Waals surface area contributed by atoms with E-state index < -0.39 is 18.1 Å². The molecule has 4 atom stereocenters. The number of carboxylic acid groups (broad SMARTS) is 1. The molecule has 2 aliphatic rings. The molecule has 2 heterocycles. The van der Waals surface area contributed by atoms with Crippen molar-refractivity contribution in [3.05, 3.63) is 29.8 Å². The van der Waals surface area contributed by atoms with Crippen molar-refractivity contribution in [1.29, 1.82) is 0 Å². The van der Waals surface area contributed by atoms with Gasteiger partial charge in [-0.05, 0) is 18.1 Å². The van der Waals surface area contributed by atoms with Crippen molar-refractivity contribution in [3.8, 4) is 0 Å². The Bertz CT molecular complexity index is 477. The average molecular weight is 248 g/mol. The zero-order valence-corrected chi connectivity index (χ0v) is 9.87. The van der Waals surface area contributed by atoms with Crippen molar-refractivity contribution in [2.24, 2.45) is 5.73 Å². The predicted molar refractivity (Wildman–Crippen MR) is 66.6 cm³/mol. The number of nitrogens with two attached hydrogens (primary N) is 1. The van der Waals surface area contributed by atoms with Gasteiger partial charge in [0.2, 0.25) is 0 Å². The van der Waals surface area contributed by atoms with E-state index in [4.69, 9.17) is 15.6 Å². The third kappa shape index (κ3) is 1.67. The lowest BCUT2D eigenvalue weighted by molar-refractivity contribution is -0.144. The van der Waals surface area contributed by atoms with Gasteiger partial charge >= 0.3 is 5.97 Å². The molecule has 0 radical (unpaired) electrons. The molecule has 1 saturated heterocycles. The van der Waals surface area contributed by atoms with Crippen molar-refractivity contribution >= 4 is 11.7 Å². The van der Waals surface area contributed by atoms with Crippen LogP contribution in [0.1, 0.15) is 17.9 Å². The molecule has 2 aliphatic heterocycles. The number of para-hydroxylation sites is 1. The van der Waals surface area contributed by atoms with Crippen LogP contribution in [0.15, 0.2) is 24.3 Å². The molecular weight excluding hydrogens is 232 g/mol. The molecule has 1 aromatic carbocycles. The quantitative estimate of drug-likeness (QED) is 0.719. The number of rotatable bonds is 2. The Morgan fingerprint density at radius 2 is 2.28 bits per heavy atom. The summed E-state index contributed by atoms with van der Waals surface area (Å²) in [6.07, 6.45) is 0.416. The molecule has 0 spiro atoms. The largest absolute Gasteiger partial charge is 0.480 e. The number of fused-ring (bicyclic) bond motifs is 3. The summed E-state index contributed by atoms with van der Waals surface area (Å²) in [5, 5.41) is 12.5. The summed E-state index contributed by atoms with van der Waals surface area (Å²) in [4.78, 5) is 11.1. The zero-order valence-electron chi connectivity index (χ0n) is 9.87. The maximum absolute atomic E-state index is 11.1. The number of hydrogen-bond acceptors (Lipinski definition) is 4. The summed E-state index contributed by atoms with van der Waals surface area (Å²) in [7, 11) is 0. The van der Waals surface area contributed by atoms with Gasteiger partial charge in [-0.25, -0.2) is 0 Å². The number of ether oxygens (including phenoxy) is 1. The van der Waals surface area contributed by atoms with Crippen LogP contribution < -0.4 is 11.1 Å². The van der Waals surface area contributed by atoms with Crippen LogP contribution in [0, 0.1) is 0 Å². The van der Waals surface area contributed by atoms with Gasteiger partial charge < -0.3 is 20.9 Å². The second kappa shape index (κ2) is 4.26. The first-order valence-electron chi connectivity index (χ1n) is 6.14. The normalized spacial score (nSPS) is 31.1. The van der Waals surface area contributed by atoms with Crippen LogP contribution in [0.5, 0.6) is 0 Å². The molecular formula is C13H16N2O3. The highest BCUT2D eigenvalue weighted by Crippen LogP contribution is 2.43. The second-order valence-electron chi connectivity index (χ2n) is 4.85. The van der Waals surface area contributed by atoms with Gasteiger partial charge in [-0.15, -0.1) is 0 Å². The van der Waals surface area contributed by atoms with Gasteiger partial charge in [0.15, 0.2) is 0 Å². The molecule has 18 heavy (non-hydrogen) atoms. The second-order valence-corrected chi connectivity index (χ2v) is 4.85. The zero-order chi connectivity index (χ0) is 12.7. The number of anilines is 1. The van der Waals surface area contributed by atoms with E-state index in [2.05, 4.69) is 5.32 Å². The van der Waals surface area contributed by atoms with Gasteiger partial charge in [0.25, 0.3) is 0 Å². The topological polar surface area (TPSA) is 84.6 Å². The Morgan fingerprint density at radius 1 is 1.50 bits per heavy atom. The summed E-state index contributed by atoms with van der Waals surface area (Å²) < 4.78 is 5.63. The van der Waals surface area contributed by atoms with E-state index in [1.807, 2.05) is 24.3 Å². The van der Waals surface area contributed by atoms with Gasteiger partial charge in [-0.2, -0.15) is 0 Å². The number of nitrogens with one attached hydrogen (secondary N) is 1. The molecule has 0 amide bonds. The highest BCUT2D eigenvalue weighted by Gasteiger charge is 2.45. The van der Waals surface area contributed by atoms with Crippen LogP contribution in [0.2, 0.25) is 0 Å². The molecule has 5 nitrogen and oxygen atoms in total. The van der Waals surface area contributed by atoms with Gasteiger partial charge in [0, 0.05) is 24.3 Å². The van der Waals surface area contributed by atoms with Gasteiger partial charge in [-0.1, -0.05) is 18.2 Å². The van der Waals surface area contributed by atoms with Crippen molar-refractivity contribution in [1.82, 2.24) is 0 Å². The van der Waals surface area contributed by atoms with Crippen LogP contribution in [-0.2, 0) is 9.53 Å². The maximum atomic E-state index is 11.1. The van der Waals surface area contributed by atoms with Crippen LogP contribution in [0.25, 0.3) is 0 Å². The highest BCUT2D eigenvalue weighted by atomic mass is 16.5. The van der Waals surface area contributed by atoms with E-state index >= 15 is 0 Å². The minimum Gasteiger partial charge on any atom is -0.480 e. The van der Waals surface area contributed by atoms with Crippen molar-refractivity contribution in [2.75, 3.05) is 11.9 Å². The smallest absolute Gasteiger partial charge is 0.323 e. The lowest BCUT2D eigenvalue weighted by Gasteiger charge is -2.35. The van der Waals surface area contributed by atoms with Crippen LogP contribution in [0.4, 0.5) is 5.69 Å². The first kappa shape index (κ1) is 11.5. The Morgan fingerprint density at radius 3 is 3.06 bits per heavy atom. The summed E-state index contributed by atoms with van der Waals surface area (Å²) in [5.41, 5.74) is 7.94. The lowest BCUT2D eigenvalue weighted by Crippen LogP contribution is -2.51. The number of aliphatic carboxylic acids is 1. The number of carboxylic acids is 1. The first-order chi connectivity index (χ1) is 8.68. The minimum atomic E-state index is -1.01. The fraction of sp³-hybridized carbons (Fsp3) is 0.462. The molecule has 3 rings (SSSR count). The molecule has 1 fully saturated rings. The number of benzene rings is 1. The van der Waals surface area contributed by atoms with Crippen LogP contribution >= 0.6 is 0 Å². The highest BCUT2D eigenvalue weighted by molar-refractivity contribution is 5.75. The van der Waals surface area contributed by atoms with E-state index in [9.17, 15) is 4.79 Å². The van der Waals surface area contributed by atoms with Gasteiger partial charge in [0.1, 0.15) is 6.04 Å². The minimum absolute atomic E-state index is 0.0287. The first-order valence-corrected chi connectivity index (χ1v) is 6.14. The third-order valence-corrected chi connectivity index (χ3v) is 3.83. The number of hydrogen-bond donors (Lipinski definition) is 3. The Balaban J connectivity index is 1.96. The summed E-state index contributed by atoms with van der Waals surface area (Å²) >= 11 is 0. The SMILES string of the molecule is N[C@H](C(=O)O)C1OCCC2Nc3ccccc3C21. The third-order valence-electron chi connectivity index (χ3n) is 3.83. The van der Waals surface area contributed by atoms with Crippen molar-refractivity contribution in [2.45, 2.75) is 30.5 Å². The summed E-state index contributed by atoms with van der Waals surface area (Å²) in [6.45, 7) is 0.549. The van der Waals surface area contributed by atoms with E-state index in [-0.39, 0.29) is 12.0 Å². The van der Waals surface area contributed by atoms with E-state index in [1.54, 1.807) is 0 Å². The Hall–Kier alpha value is -1.59. The van der Waals surface area contributed by atoms with Crippen LogP contribution in [-0.4, -0.2) is 35.9 Å². The molecule has 0 aromatic heterocycles. The average Bonchev–Trinajstić information content (AvgIpc) is 2.76. The molecule has 96 valence electrons. The van der Waals surface area contributed by atoms with Crippen LogP contribution in [0.3, 0.4) is 0 Å². The fourth-order valence-electron chi connectivity index (χ4n) is 2.99. The van der Waals surface area contributed by atoms with Crippen molar-refractivity contribution in [3.63, 3.8) is 0 Å². The molecule has 0 aliphatic carbocycles. The molecule has 1 aromatic rings. The standard InChI is InChI=1S/C13H16N2O3/c14-11(13(16)17)12-10-7-3-1-2-4-8(7)15-9(10)5-6-18-12/h1-4,9-12,15H,5-6,14H2,(H,16,17)/t9?,10?,11-,12?/m0/s1. The molecule has 5 heteroatoms.